The molecule has 0 saturated heterocycles. The molecule has 0 bridgehead atoms. The molecule has 0 aliphatic rings. The predicted octanol–water partition coefficient (Wildman–Crippen LogP) is 2.61. The van der Waals surface area contributed by atoms with Crippen molar-refractivity contribution < 1.29 is 4.79 Å². The lowest BCUT2D eigenvalue weighted by molar-refractivity contribution is 0.0951. The van der Waals surface area contributed by atoms with Crippen molar-refractivity contribution in [3.8, 4) is 6.07 Å². The fourth-order valence-electron chi connectivity index (χ4n) is 1.27. The Hall–Kier alpha value is -1.73. The fourth-order valence-corrected chi connectivity index (χ4v) is 1.98. The van der Waals surface area contributed by atoms with E-state index in [0.717, 1.165) is 11.3 Å². The maximum absolute atomic E-state index is 11.9. The van der Waals surface area contributed by atoms with Gasteiger partial charge in [0.25, 0.3) is 5.91 Å². The summed E-state index contributed by atoms with van der Waals surface area (Å²) in [5.41, 5.74) is 0.622. The molecule has 3 nitrogen and oxygen atoms in total. The van der Waals surface area contributed by atoms with Gasteiger partial charge in [0, 0.05) is 11.4 Å². The third-order valence-electron chi connectivity index (χ3n) is 2.06. The second kappa shape index (κ2) is 7.53. The normalized spacial score (nSPS) is 9.35. The first kappa shape index (κ1) is 13.3. The van der Waals surface area contributed by atoms with Gasteiger partial charge in [-0.05, 0) is 18.6 Å². The molecule has 1 N–H and O–H groups in total. The molecule has 88 valence electrons. The average molecular weight is 246 g/mol. The molecule has 0 aliphatic heterocycles. The molecule has 1 aromatic carbocycles. The van der Waals surface area contributed by atoms with Crippen molar-refractivity contribution >= 4 is 17.7 Å². The van der Waals surface area contributed by atoms with Crippen molar-refractivity contribution in [2.75, 3.05) is 12.3 Å². The monoisotopic (exact) mass is 246 g/mol. The molecule has 0 aliphatic carbocycles. The van der Waals surface area contributed by atoms with Crippen LogP contribution >= 0.6 is 11.8 Å². The van der Waals surface area contributed by atoms with Crippen LogP contribution < -0.4 is 5.32 Å². The molecule has 0 fully saturated rings. The van der Waals surface area contributed by atoms with Gasteiger partial charge in [0.15, 0.2) is 0 Å². The highest BCUT2D eigenvalue weighted by atomic mass is 32.2. The summed E-state index contributed by atoms with van der Waals surface area (Å²) in [7, 11) is 0. The molecule has 17 heavy (non-hydrogen) atoms. The van der Waals surface area contributed by atoms with Crippen LogP contribution in [-0.4, -0.2) is 18.2 Å². The number of carbonyl (C=O) groups excluding carboxylic acids is 1. The van der Waals surface area contributed by atoms with E-state index in [1.165, 1.54) is 11.8 Å². The average Bonchev–Trinajstić information content (AvgIpc) is 2.37. The highest BCUT2D eigenvalue weighted by Crippen LogP contribution is 2.21. The fraction of sp³-hybridized carbons (Fsp3) is 0.231. The highest BCUT2D eigenvalue weighted by Gasteiger charge is 2.09. The van der Waals surface area contributed by atoms with Gasteiger partial charge in [0.1, 0.15) is 0 Å². The Morgan fingerprint density at radius 2 is 2.29 bits per heavy atom. The number of nitriles is 1. The molecule has 0 saturated carbocycles. The first-order chi connectivity index (χ1) is 8.29. The molecule has 0 spiro atoms. The van der Waals surface area contributed by atoms with Crippen molar-refractivity contribution in [1.29, 1.82) is 5.26 Å². The van der Waals surface area contributed by atoms with Crippen LogP contribution in [0, 0.1) is 11.3 Å². The van der Waals surface area contributed by atoms with Gasteiger partial charge >= 0.3 is 0 Å². The van der Waals surface area contributed by atoms with Crippen LogP contribution in [0.3, 0.4) is 0 Å². The molecule has 1 aromatic rings. The smallest absolute Gasteiger partial charge is 0.252 e. The van der Waals surface area contributed by atoms with Gasteiger partial charge in [-0.25, -0.2) is 0 Å². The van der Waals surface area contributed by atoms with Crippen LogP contribution in [0.2, 0.25) is 0 Å². The largest absolute Gasteiger partial charge is 0.352 e. The first-order valence-corrected chi connectivity index (χ1v) is 6.26. The van der Waals surface area contributed by atoms with E-state index < -0.39 is 0 Å². The quantitative estimate of drug-likeness (QED) is 0.477. The summed E-state index contributed by atoms with van der Waals surface area (Å²) < 4.78 is 0. The van der Waals surface area contributed by atoms with E-state index in [1.807, 2.05) is 18.2 Å². The Labute approximate surface area is 106 Å². The third kappa shape index (κ3) is 4.33. The summed E-state index contributed by atoms with van der Waals surface area (Å²) in [6, 6.07) is 9.35. The SMILES string of the molecule is C=CCCNC(=O)c1ccccc1SCC#N. The lowest BCUT2D eigenvalue weighted by Crippen LogP contribution is -2.24. The van der Waals surface area contributed by atoms with E-state index in [9.17, 15) is 4.79 Å². The minimum Gasteiger partial charge on any atom is -0.352 e. The summed E-state index contributed by atoms with van der Waals surface area (Å²) in [4.78, 5) is 12.7. The minimum absolute atomic E-state index is 0.104. The van der Waals surface area contributed by atoms with E-state index in [4.69, 9.17) is 5.26 Å². The Bertz CT molecular complexity index is 437. The third-order valence-corrected chi connectivity index (χ3v) is 3.00. The van der Waals surface area contributed by atoms with Crippen molar-refractivity contribution in [2.45, 2.75) is 11.3 Å². The van der Waals surface area contributed by atoms with Gasteiger partial charge in [-0.15, -0.1) is 18.3 Å². The Balaban J connectivity index is 2.71. The zero-order chi connectivity index (χ0) is 12.5. The van der Waals surface area contributed by atoms with Gasteiger partial charge < -0.3 is 5.32 Å². The van der Waals surface area contributed by atoms with Gasteiger partial charge in [-0.3, -0.25) is 4.79 Å². The van der Waals surface area contributed by atoms with E-state index in [-0.39, 0.29) is 5.91 Å². The summed E-state index contributed by atoms with van der Waals surface area (Å²) in [5, 5.41) is 11.4. The number of amides is 1. The van der Waals surface area contributed by atoms with Crippen molar-refractivity contribution in [2.24, 2.45) is 0 Å². The molecule has 0 heterocycles. The van der Waals surface area contributed by atoms with Crippen molar-refractivity contribution in [3.05, 3.63) is 42.5 Å². The van der Waals surface area contributed by atoms with E-state index >= 15 is 0 Å². The number of thioether (sulfide) groups is 1. The molecule has 0 radical (unpaired) electrons. The van der Waals surface area contributed by atoms with Gasteiger partial charge in [-0.1, -0.05) is 18.2 Å². The van der Waals surface area contributed by atoms with Crippen LogP contribution in [-0.2, 0) is 0 Å². The minimum atomic E-state index is -0.104. The van der Waals surface area contributed by atoms with Crippen molar-refractivity contribution in [3.63, 3.8) is 0 Å². The Morgan fingerprint density at radius 3 is 3.00 bits per heavy atom. The number of nitrogens with one attached hydrogen (secondary N) is 1. The topological polar surface area (TPSA) is 52.9 Å². The van der Waals surface area contributed by atoms with Crippen LogP contribution in [0.4, 0.5) is 0 Å². The van der Waals surface area contributed by atoms with Gasteiger partial charge in [0.2, 0.25) is 0 Å². The molecule has 0 aromatic heterocycles. The van der Waals surface area contributed by atoms with Crippen molar-refractivity contribution in [1.82, 2.24) is 5.32 Å². The Morgan fingerprint density at radius 1 is 1.53 bits per heavy atom. The van der Waals surface area contributed by atoms with Crippen LogP contribution in [0.25, 0.3) is 0 Å². The summed E-state index contributed by atoms with van der Waals surface area (Å²) in [6.07, 6.45) is 2.51. The summed E-state index contributed by atoms with van der Waals surface area (Å²) in [5.74, 6) is 0.240. The number of hydrogen-bond acceptors (Lipinski definition) is 3. The maximum Gasteiger partial charge on any atom is 0.252 e. The van der Waals surface area contributed by atoms with E-state index in [0.29, 0.717) is 17.9 Å². The van der Waals surface area contributed by atoms with Crippen LogP contribution in [0.5, 0.6) is 0 Å². The number of carbonyl (C=O) groups is 1. The predicted molar refractivity (Wildman–Crippen MR) is 69.9 cm³/mol. The standard InChI is InChI=1S/C13H14N2OS/c1-2-3-9-15-13(16)11-6-4-5-7-12(11)17-10-8-14/h2,4-7H,1,3,9-10H2,(H,15,16). The second-order valence-corrected chi connectivity index (χ2v) is 4.29. The highest BCUT2D eigenvalue weighted by molar-refractivity contribution is 7.99. The molecule has 0 unspecified atom stereocenters. The maximum atomic E-state index is 11.9. The lowest BCUT2D eigenvalue weighted by Gasteiger charge is -2.07. The molecular weight excluding hydrogens is 232 g/mol. The zero-order valence-corrected chi connectivity index (χ0v) is 10.3. The molecule has 0 atom stereocenters. The lowest BCUT2D eigenvalue weighted by atomic mass is 10.2. The zero-order valence-electron chi connectivity index (χ0n) is 9.48. The number of hydrogen-bond donors (Lipinski definition) is 1. The molecule has 1 amide bonds. The molecule has 1 rings (SSSR count). The second-order valence-electron chi connectivity index (χ2n) is 3.28. The van der Waals surface area contributed by atoms with E-state index in [2.05, 4.69) is 18.0 Å². The number of rotatable bonds is 6. The Kier molecular flexibility index (Phi) is 5.91. The molecule has 4 heteroatoms. The first-order valence-electron chi connectivity index (χ1n) is 5.27. The summed E-state index contributed by atoms with van der Waals surface area (Å²) in [6.45, 7) is 4.18. The molecular formula is C13H14N2OS. The van der Waals surface area contributed by atoms with E-state index in [1.54, 1.807) is 12.1 Å². The van der Waals surface area contributed by atoms with Gasteiger partial charge in [-0.2, -0.15) is 5.26 Å². The number of nitrogens with zero attached hydrogens (tertiary/aromatic N) is 1. The van der Waals surface area contributed by atoms with Gasteiger partial charge in [0.05, 0.1) is 17.4 Å². The summed E-state index contributed by atoms with van der Waals surface area (Å²) >= 11 is 1.37. The van der Waals surface area contributed by atoms with Crippen LogP contribution in [0.1, 0.15) is 16.8 Å². The number of benzene rings is 1. The van der Waals surface area contributed by atoms with Crippen LogP contribution in [0.15, 0.2) is 41.8 Å².